The molecule has 2 rings (SSSR count). The number of hydrogen-bond acceptors (Lipinski definition) is 4. The molecule has 0 aromatic heterocycles. The third kappa shape index (κ3) is 5.94. The van der Waals surface area contributed by atoms with Gasteiger partial charge < -0.3 is 10.2 Å². The van der Waals surface area contributed by atoms with Crippen LogP contribution in [0, 0.1) is 0 Å². The molecule has 30 heavy (non-hydrogen) atoms. The van der Waals surface area contributed by atoms with E-state index in [0.717, 1.165) is 24.0 Å². The van der Waals surface area contributed by atoms with Gasteiger partial charge in [0.2, 0.25) is 0 Å². The van der Waals surface area contributed by atoms with E-state index < -0.39 is 0 Å². The Kier molecular flexibility index (Phi) is 7.83. The molecular weight excluding hydrogens is 372 g/mol. The zero-order valence-corrected chi connectivity index (χ0v) is 19.2. The first kappa shape index (κ1) is 23.7. The Balaban J connectivity index is 2.02. The molecule has 0 spiro atoms. The van der Waals surface area contributed by atoms with E-state index in [1.165, 1.54) is 11.1 Å². The third-order valence-electron chi connectivity index (χ3n) is 6.20. The molecule has 0 radical (unpaired) electrons. The van der Waals surface area contributed by atoms with E-state index in [4.69, 9.17) is 0 Å². The standard InChI is InChI=1S/C26H36N2O2/c1-7-25(3,4)21-9-11-23(29)19(15-21)17-27-13-14-28-18-20-16-22(10-12-24(20)30)26(5,6)8-2/h9-12,15-18,29-30H,7-8,13-14H2,1-6H3. The van der Waals surface area contributed by atoms with Crippen molar-refractivity contribution < 1.29 is 10.2 Å². The lowest BCUT2D eigenvalue weighted by Gasteiger charge is -2.23. The van der Waals surface area contributed by atoms with Crippen molar-refractivity contribution in [1.29, 1.82) is 0 Å². The average Bonchev–Trinajstić information content (AvgIpc) is 2.72. The molecule has 0 aliphatic rings. The van der Waals surface area contributed by atoms with E-state index >= 15 is 0 Å². The fraction of sp³-hybridized carbons (Fsp3) is 0.462. The van der Waals surface area contributed by atoms with Crippen molar-refractivity contribution in [3.63, 3.8) is 0 Å². The summed E-state index contributed by atoms with van der Waals surface area (Å²) in [6.07, 6.45) is 5.46. The highest BCUT2D eigenvalue weighted by Crippen LogP contribution is 2.30. The normalized spacial score (nSPS) is 12.9. The van der Waals surface area contributed by atoms with Gasteiger partial charge in [-0.25, -0.2) is 0 Å². The predicted octanol–water partition coefficient (Wildman–Crippen LogP) is 6.01. The van der Waals surface area contributed by atoms with Gasteiger partial charge in [-0.15, -0.1) is 0 Å². The van der Waals surface area contributed by atoms with Gasteiger partial charge in [0.15, 0.2) is 0 Å². The van der Waals surface area contributed by atoms with Gasteiger partial charge in [-0.05, 0) is 59.1 Å². The predicted molar refractivity (Wildman–Crippen MR) is 128 cm³/mol. The zero-order chi connectivity index (χ0) is 22.4. The largest absolute Gasteiger partial charge is 0.507 e. The van der Waals surface area contributed by atoms with E-state index in [9.17, 15) is 10.2 Å². The molecule has 0 atom stereocenters. The molecule has 0 unspecified atom stereocenters. The summed E-state index contributed by atoms with van der Waals surface area (Å²) < 4.78 is 0. The molecule has 0 fully saturated rings. The van der Waals surface area contributed by atoms with E-state index in [1.54, 1.807) is 24.6 Å². The minimum Gasteiger partial charge on any atom is -0.507 e. The maximum atomic E-state index is 10.1. The number of hydrogen-bond donors (Lipinski definition) is 2. The van der Waals surface area contributed by atoms with Crippen LogP contribution in [0.5, 0.6) is 11.5 Å². The summed E-state index contributed by atoms with van der Waals surface area (Å²) in [6.45, 7) is 14.1. The lowest BCUT2D eigenvalue weighted by atomic mass is 9.81. The Morgan fingerprint density at radius 3 is 1.40 bits per heavy atom. The summed E-state index contributed by atoms with van der Waals surface area (Å²) in [6, 6.07) is 11.4. The molecule has 2 aromatic rings. The number of rotatable bonds is 9. The molecule has 4 nitrogen and oxygen atoms in total. The fourth-order valence-electron chi connectivity index (χ4n) is 3.01. The molecule has 0 aliphatic carbocycles. The minimum absolute atomic E-state index is 0.0590. The molecule has 0 aliphatic heterocycles. The lowest BCUT2D eigenvalue weighted by molar-refractivity contribution is 0.469. The first-order chi connectivity index (χ1) is 14.1. The highest BCUT2D eigenvalue weighted by molar-refractivity contribution is 5.84. The molecule has 0 saturated heterocycles. The number of benzene rings is 2. The monoisotopic (exact) mass is 408 g/mol. The van der Waals surface area contributed by atoms with Crippen LogP contribution in [0.1, 0.15) is 76.6 Å². The molecule has 2 aromatic carbocycles. The molecule has 0 amide bonds. The quantitative estimate of drug-likeness (QED) is 0.394. The van der Waals surface area contributed by atoms with Gasteiger partial charge in [-0.3, -0.25) is 9.98 Å². The average molecular weight is 409 g/mol. The summed E-state index contributed by atoms with van der Waals surface area (Å²) in [5.41, 5.74) is 3.95. The maximum Gasteiger partial charge on any atom is 0.124 e. The summed E-state index contributed by atoms with van der Waals surface area (Å²) in [4.78, 5) is 8.83. The second-order valence-corrected chi connectivity index (χ2v) is 9.09. The van der Waals surface area contributed by atoms with E-state index in [1.807, 2.05) is 24.3 Å². The van der Waals surface area contributed by atoms with Crippen LogP contribution in [-0.4, -0.2) is 35.7 Å². The molecule has 0 bridgehead atoms. The number of aliphatic imine (C=N–C) groups is 2. The highest BCUT2D eigenvalue weighted by atomic mass is 16.3. The van der Waals surface area contributed by atoms with E-state index in [2.05, 4.69) is 51.5 Å². The molecule has 4 heteroatoms. The van der Waals surface area contributed by atoms with Gasteiger partial charge in [-0.2, -0.15) is 0 Å². The zero-order valence-electron chi connectivity index (χ0n) is 19.2. The summed E-state index contributed by atoms with van der Waals surface area (Å²) in [5.74, 6) is 0.469. The van der Waals surface area contributed by atoms with Crippen LogP contribution in [0.15, 0.2) is 46.4 Å². The molecule has 0 heterocycles. The second kappa shape index (κ2) is 9.92. The Bertz CT molecular complexity index is 836. The van der Waals surface area contributed by atoms with Crippen LogP contribution in [-0.2, 0) is 10.8 Å². The van der Waals surface area contributed by atoms with Crippen molar-refractivity contribution in [3.8, 4) is 11.5 Å². The Hall–Kier alpha value is -2.62. The molecule has 2 N–H and O–H groups in total. The van der Waals surface area contributed by atoms with Crippen molar-refractivity contribution >= 4 is 12.4 Å². The molecule has 0 saturated carbocycles. The first-order valence-corrected chi connectivity index (χ1v) is 10.8. The summed E-state index contributed by atoms with van der Waals surface area (Å²) in [7, 11) is 0. The van der Waals surface area contributed by atoms with Crippen LogP contribution in [0.2, 0.25) is 0 Å². The van der Waals surface area contributed by atoms with E-state index in [0.29, 0.717) is 13.1 Å². The van der Waals surface area contributed by atoms with Crippen molar-refractivity contribution in [2.45, 2.75) is 65.2 Å². The Morgan fingerprint density at radius 2 is 1.07 bits per heavy atom. The lowest BCUT2D eigenvalue weighted by Crippen LogP contribution is -2.15. The van der Waals surface area contributed by atoms with E-state index in [-0.39, 0.29) is 22.3 Å². The van der Waals surface area contributed by atoms with Gasteiger partial charge in [-0.1, -0.05) is 53.7 Å². The Labute approximate surface area is 181 Å². The highest BCUT2D eigenvalue weighted by Gasteiger charge is 2.19. The molecule has 162 valence electrons. The van der Waals surface area contributed by atoms with Crippen molar-refractivity contribution in [1.82, 2.24) is 0 Å². The smallest absolute Gasteiger partial charge is 0.124 e. The van der Waals surface area contributed by atoms with Gasteiger partial charge >= 0.3 is 0 Å². The van der Waals surface area contributed by atoms with Gasteiger partial charge in [0.25, 0.3) is 0 Å². The van der Waals surface area contributed by atoms with Crippen LogP contribution >= 0.6 is 0 Å². The van der Waals surface area contributed by atoms with Crippen LogP contribution in [0.25, 0.3) is 0 Å². The van der Waals surface area contributed by atoms with Gasteiger partial charge in [0, 0.05) is 23.6 Å². The van der Waals surface area contributed by atoms with Crippen LogP contribution in [0.4, 0.5) is 0 Å². The topological polar surface area (TPSA) is 65.2 Å². The van der Waals surface area contributed by atoms with Crippen LogP contribution < -0.4 is 0 Å². The SMILES string of the molecule is CCC(C)(C)c1ccc(O)c(C=NCCN=Cc2cc(C(C)(C)CC)ccc2O)c1. The first-order valence-electron chi connectivity index (χ1n) is 10.8. The second-order valence-electron chi connectivity index (χ2n) is 9.09. The minimum atomic E-state index is 0.0590. The van der Waals surface area contributed by atoms with Gasteiger partial charge in [0.1, 0.15) is 11.5 Å². The third-order valence-corrected chi connectivity index (χ3v) is 6.20. The number of nitrogens with zero attached hydrogens (tertiary/aromatic N) is 2. The number of aromatic hydroxyl groups is 2. The number of phenolic OH excluding ortho intramolecular Hbond substituents is 2. The number of phenols is 2. The van der Waals surface area contributed by atoms with Crippen molar-refractivity contribution in [2.24, 2.45) is 9.98 Å². The summed E-state index contributed by atoms with van der Waals surface area (Å²) in [5, 5.41) is 20.2. The molecular formula is C26H36N2O2. The maximum absolute atomic E-state index is 10.1. The fourth-order valence-corrected chi connectivity index (χ4v) is 3.01. The van der Waals surface area contributed by atoms with Gasteiger partial charge in [0.05, 0.1) is 13.1 Å². The Morgan fingerprint density at radius 1 is 0.700 bits per heavy atom. The van der Waals surface area contributed by atoms with Crippen molar-refractivity contribution in [3.05, 3.63) is 58.7 Å². The van der Waals surface area contributed by atoms with Crippen molar-refractivity contribution in [2.75, 3.05) is 13.1 Å². The van der Waals surface area contributed by atoms with Crippen LogP contribution in [0.3, 0.4) is 0 Å². The summed E-state index contributed by atoms with van der Waals surface area (Å²) >= 11 is 0.